The number of amides is 1. The predicted octanol–water partition coefficient (Wildman–Crippen LogP) is 0.714. The van der Waals surface area contributed by atoms with Crippen molar-refractivity contribution < 1.29 is 4.79 Å². The fourth-order valence-corrected chi connectivity index (χ4v) is 3.25. The molecule has 1 aliphatic carbocycles. The highest BCUT2D eigenvalue weighted by Crippen LogP contribution is 2.37. The van der Waals surface area contributed by atoms with Gasteiger partial charge in [0.05, 0.1) is 0 Å². The quantitative estimate of drug-likeness (QED) is 0.718. The van der Waals surface area contributed by atoms with E-state index in [0.717, 1.165) is 32.0 Å². The summed E-state index contributed by atoms with van der Waals surface area (Å²) in [5, 5.41) is 3.32. The SMILES string of the molecule is CCCNC(C)(CN1CC2CCC1C2)C(N)=O. The summed E-state index contributed by atoms with van der Waals surface area (Å²) in [7, 11) is 0. The number of piperidine rings is 1. The van der Waals surface area contributed by atoms with Gasteiger partial charge in [0, 0.05) is 19.1 Å². The lowest BCUT2D eigenvalue weighted by Crippen LogP contribution is -2.60. The van der Waals surface area contributed by atoms with Crippen molar-refractivity contribution in [2.45, 2.75) is 51.1 Å². The molecule has 17 heavy (non-hydrogen) atoms. The van der Waals surface area contributed by atoms with Crippen LogP contribution in [-0.4, -0.2) is 42.0 Å². The maximum atomic E-state index is 11.7. The van der Waals surface area contributed by atoms with Gasteiger partial charge in [-0.15, -0.1) is 0 Å². The second kappa shape index (κ2) is 4.94. The number of carbonyl (C=O) groups is 1. The first kappa shape index (κ1) is 12.8. The Kier molecular flexibility index (Phi) is 3.73. The lowest BCUT2D eigenvalue weighted by molar-refractivity contribution is -0.124. The molecule has 4 heteroatoms. The van der Waals surface area contributed by atoms with Gasteiger partial charge >= 0.3 is 0 Å². The third-order valence-electron chi connectivity index (χ3n) is 4.35. The second-order valence-electron chi connectivity index (χ2n) is 5.89. The van der Waals surface area contributed by atoms with Gasteiger partial charge in [0.2, 0.25) is 5.91 Å². The Bertz CT molecular complexity index is 294. The van der Waals surface area contributed by atoms with E-state index in [9.17, 15) is 4.79 Å². The topological polar surface area (TPSA) is 58.4 Å². The van der Waals surface area contributed by atoms with E-state index in [0.29, 0.717) is 6.04 Å². The number of nitrogens with zero attached hydrogens (tertiary/aromatic N) is 1. The van der Waals surface area contributed by atoms with E-state index in [2.05, 4.69) is 17.1 Å². The Morgan fingerprint density at radius 3 is 2.76 bits per heavy atom. The molecule has 0 aromatic carbocycles. The van der Waals surface area contributed by atoms with Crippen molar-refractivity contribution in [3.8, 4) is 0 Å². The minimum atomic E-state index is -0.569. The molecule has 4 nitrogen and oxygen atoms in total. The molecule has 1 saturated carbocycles. The zero-order valence-corrected chi connectivity index (χ0v) is 11.0. The summed E-state index contributed by atoms with van der Waals surface area (Å²) in [4.78, 5) is 14.1. The van der Waals surface area contributed by atoms with Crippen LogP contribution in [0.4, 0.5) is 0 Å². The second-order valence-corrected chi connectivity index (χ2v) is 5.89. The van der Waals surface area contributed by atoms with Gasteiger partial charge < -0.3 is 11.1 Å². The van der Waals surface area contributed by atoms with Gasteiger partial charge in [0.1, 0.15) is 5.54 Å². The number of rotatable bonds is 6. The maximum Gasteiger partial charge on any atom is 0.238 e. The third kappa shape index (κ3) is 2.63. The van der Waals surface area contributed by atoms with Crippen LogP contribution in [0, 0.1) is 5.92 Å². The van der Waals surface area contributed by atoms with Crippen LogP contribution in [0.2, 0.25) is 0 Å². The van der Waals surface area contributed by atoms with Crippen LogP contribution in [0.3, 0.4) is 0 Å². The van der Waals surface area contributed by atoms with Crippen LogP contribution in [0.25, 0.3) is 0 Å². The summed E-state index contributed by atoms with van der Waals surface area (Å²) in [6, 6.07) is 0.696. The van der Waals surface area contributed by atoms with Crippen molar-refractivity contribution in [1.29, 1.82) is 0 Å². The normalized spacial score (nSPS) is 31.6. The van der Waals surface area contributed by atoms with E-state index < -0.39 is 5.54 Å². The van der Waals surface area contributed by atoms with Crippen molar-refractivity contribution >= 4 is 5.91 Å². The molecule has 1 amide bonds. The van der Waals surface area contributed by atoms with Gasteiger partial charge in [-0.1, -0.05) is 6.92 Å². The van der Waals surface area contributed by atoms with Crippen LogP contribution < -0.4 is 11.1 Å². The molecule has 2 bridgehead atoms. The molecule has 3 N–H and O–H groups in total. The number of hydrogen-bond acceptors (Lipinski definition) is 3. The Morgan fingerprint density at radius 2 is 2.29 bits per heavy atom. The molecule has 0 aromatic heterocycles. The molecule has 2 fully saturated rings. The number of nitrogens with two attached hydrogens (primary N) is 1. The van der Waals surface area contributed by atoms with Crippen LogP contribution in [-0.2, 0) is 4.79 Å². The Hall–Kier alpha value is -0.610. The highest BCUT2D eigenvalue weighted by Gasteiger charge is 2.42. The van der Waals surface area contributed by atoms with Crippen molar-refractivity contribution in [2.24, 2.45) is 11.7 Å². The molecule has 3 unspecified atom stereocenters. The lowest BCUT2D eigenvalue weighted by Gasteiger charge is -2.36. The zero-order valence-electron chi connectivity index (χ0n) is 11.0. The predicted molar refractivity (Wildman–Crippen MR) is 68.6 cm³/mol. The van der Waals surface area contributed by atoms with E-state index in [4.69, 9.17) is 5.73 Å². The fourth-order valence-electron chi connectivity index (χ4n) is 3.25. The third-order valence-corrected chi connectivity index (χ3v) is 4.35. The molecule has 0 radical (unpaired) electrons. The van der Waals surface area contributed by atoms with Gasteiger partial charge in [0.15, 0.2) is 0 Å². The van der Waals surface area contributed by atoms with Crippen LogP contribution >= 0.6 is 0 Å². The maximum absolute atomic E-state index is 11.7. The molecule has 2 rings (SSSR count). The van der Waals surface area contributed by atoms with Gasteiger partial charge in [-0.05, 0) is 45.1 Å². The standard InChI is InChI=1S/C13H25N3O/c1-3-6-15-13(2,12(14)17)9-16-8-10-4-5-11(16)7-10/h10-11,15H,3-9H2,1-2H3,(H2,14,17). The molecule has 0 aromatic rings. The summed E-state index contributed by atoms with van der Waals surface area (Å²) >= 11 is 0. The van der Waals surface area contributed by atoms with Gasteiger partial charge in [-0.3, -0.25) is 9.69 Å². The van der Waals surface area contributed by atoms with E-state index in [1.165, 1.54) is 19.3 Å². The van der Waals surface area contributed by atoms with E-state index in [1.807, 2.05) is 6.92 Å². The smallest absolute Gasteiger partial charge is 0.238 e. The monoisotopic (exact) mass is 239 g/mol. The summed E-state index contributed by atoms with van der Waals surface area (Å²) in [6.45, 7) is 6.81. The van der Waals surface area contributed by atoms with Crippen molar-refractivity contribution in [3.63, 3.8) is 0 Å². The summed E-state index contributed by atoms with van der Waals surface area (Å²) in [5.41, 5.74) is 4.99. The molecule has 1 aliphatic heterocycles. The largest absolute Gasteiger partial charge is 0.368 e. The van der Waals surface area contributed by atoms with Gasteiger partial charge in [0.25, 0.3) is 0 Å². The Balaban J connectivity index is 1.95. The first-order valence-electron chi connectivity index (χ1n) is 6.84. The number of fused-ring (bicyclic) bond motifs is 2. The number of nitrogens with one attached hydrogen (secondary N) is 1. The molecular weight excluding hydrogens is 214 g/mol. The molecule has 1 heterocycles. The van der Waals surface area contributed by atoms with Crippen LogP contribution in [0.5, 0.6) is 0 Å². The highest BCUT2D eigenvalue weighted by molar-refractivity contribution is 5.84. The lowest BCUT2D eigenvalue weighted by atomic mass is 9.99. The highest BCUT2D eigenvalue weighted by atomic mass is 16.1. The molecule has 3 atom stereocenters. The average molecular weight is 239 g/mol. The van der Waals surface area contributed by atoms with Crippen molar-refractivity contribution in [2.75, 3.05) is 19.6 Å². The first-order valence-corrected chi connectivity index (χ1v) is 6.84. The van der Waals surface area contributed by atoms with Gasteiger partial charge in [-0.25, -0.2) is 0 Å². The molecule has 0 spiro atoms. The van der Waals surface area contributed by atoms with Crippen molar-refractivity contribution in [3.05, 3.63) is 0 Å². The van der Waals surface area contributed by atoms with Crippen LogP contribution in [0.15, 0.2) is 0 Å². The van der Waals surface area contributed by atoms with E-state index >= 15 is 0 Å². The zero-order chi connectivity index (χ0) is 12.5. The van der Waals surface area contributed by atoms with Gasteiger partial charge in [-0.2, -0.15) is 0 Å². The average Bonchev–Trinajstić information content (AvgIpc) is 2.88. The van der Waals surface area contributed by atoms with Crippen LogP contribution in [0.1, 0.15) is 39.5 Å². The summed E-state index contributed by atoms with van der Waals surface area (Å²) < 4.78 is 0. The minimum Gasteiger partial charge on any atom is -0.368 e. The first-order chi connectivity index (χ1) is 8.05. The summed E-state index contributed by atoms with van der Waals surface area (Å²) in [5.74, 6) is 0.636. The molecule has 98 valence electrons. The fraction of sp³-hybridized carbons (Fsp3) is 0.923. The summed E-state index contributed by atoms with van der Waals surface area (Å²) in [6.07, 6.45) is 5.02. The van der Waals surface area contributed by atoms with E-state index in [-0.39, 0.29) is 5.91 Å². The minimum absolute atomic E-state index is 0.228. The molecule has 2 aliphatic rings. The number of primary amides is 1. The Labute approximate surface area is 104 Å². The molecule has 1 saturated heterocycles. The molecular formula is C13H25N3O. The number of likely N-dealkylation sites (tertiary alicyclic amines) is 1. The number of hydrogen-bond donors (Lipinski definition) is 2. The Morgan fingerprint density at radius 1 is 1.53 bits per heavy atom. The number of carbonyl (C=O) groups excluding carboxylic acids is 1. The van der Waals surface area contributed by atoms with Crippen molar-refractivity contribution in [1.82, 2.24) is 10.2 Å². The van der Waals surface area contributed by atoms with E-state index in [1.54, 1.807) is 0 Å².